The molecule has 1 N–H and O–H groups in total. The lowest BCUT2D eigenvalue weighted by Gasteiger charge is -2.15. The summed E-state index contributed by atoms with van der Waals surface area (Å²) in [7, 11) is -4.00. The van der Waals surface area contributed by atoms with E-state index in [1.807, 2.05) is 0 Å². The molecule has 0 aliphatic heterocycles. The summed E-state index contributed by atoms with van der Waals surface area (Å²) >= 11 is 5.71. The zero-order valence-corrected chi connectivity index (χ0v) is 16.3. The number of nitrogens with one attached hydrogen (secondary N) is 1. The highest BCUT2D eigenvalue weighted by Gasteiger charge is 2.31. The van der Waals surface area contributed by atoms with Crippen molar-refractivity contribution in [2.24, 2.45) is 0 Å². The van der Waals surface area contributed by atoms with E-state index in [9.17, 15) is 26.4 Å². The number of ether oxygens (including phenoxy) is 1. The number of rotatable bonds is 7. The lowest BCUT2D eigenvalue weighted by molar-refractivity contribution is -0.137. The van der Waals surface area contributed by atoms with Gasteiger partial charge in [-0.3, -0.25) is 4.79 Å². The van der Waals surface area contributed by atoms with Crippen LogP contribution >= 0.6 is 11.6 Å². The molecule has 0 atom stereocenters. The standard InChI is InChI=1S/C18H17ClF3NO4S/c1-2-9-27-16-8-3-12(18(20,21)22)10-15(16)23-17(24)11-28(25,26)14-6-4-13(19)5-7-14/h3-8,10H,2,9,11H2,1H3,(H,23,24). The summed E-state index contributed by atoms with van der Waals surface area (Å²) in [6, 6.07) is 7.81. The van der Waals surface area contributed by atoms with E-state index >= 15 is 0 Å². The lowest BCUT2D eigenvalue weighted by atomic mass is 10.1. The van der Waals surface area contributed by atoms with Crippen molar-refractivity contribution in [3.05, 3.63) is 53.1 Å². The first-order chi connectivity index (χ1) is 13.0. The van der Waals surface area contributed by atoms with Gasteiger partial charge < -0.3 is 10.1 Å². The molecule has 0 aromatic heterocycles. The molecular formula is C18H17ClF3NO4S. The number of halogens is 4. The van der Waals surface area contributed by atoms with Gasteiger partial charge in [0.05, 0.1) is 22.8 Å². The summed E-state index contributed by atoms with van der Waals surface area (Å²) in [6.45, 7) is 2.03. The zero-order valence-electron chi connectivity index (χ0n) is 14.7. The van der Waals surface area contributed by atoms with Crippen LogP contribution in [0.15, 0.2) is 47.4 Å². The molecule has 0 aliphatic carbocycles. The number of carbonyl (C=O) groups excluding carboxylic acids is 1. The van der Waals surface area contributed by atoms with Crippen molar-refractivity contribution in [3.8, 4) is 5.75 Å². The average Bonchev–Trinajstić information content (AvgIpc) is 2.59. The second kappa shape index (κ2) is 8.83. The van der Waals surface area contributed by atoms with Gasteiger partial charge in [0.1, 0.15) is 11.5 Å². The predicted molar refractivity (Wildman–Crippen MR) is 99.4 cm³/mol. The van der Waals surface area contributed by atoms with Crippen molar-refractivity contribution in [3.63, 3.8) is 0 Å². The van der Waals surface area contributed by atoms with Crippen LogP contribution in [0.1, 0.15) is 18.9 Å². The number of benzene rings is 2. The molecule has 0 heterocycles. The summed E-state index contributed by atoms with van der Waals surface area (Å²) in [5, 5.41) is 2.52. The van der Waals surface area contributed by atoms with Gasteiger partial charge in [0.15, 0.2) is 9.84 Å². The van der Waals surface area contributed by atoms with Crippen molar-refractivity contribution < 1.29 is 31.1 Å². The molecule has 0 bridgehead atoms. The molecule has 0 unspecified atom stereocenters. The minimum atomic E-state index is -4.63. The Morgan fingerprint density at radius 2 is 1.79 bits per heavy atom. The lowest BCUT2D eigenvalue weighted by Crippen LogP contribution is -2.23. The van der Waals surface area contributed by atoms with E-state index in [0.29, 0.717) is 17.5 Å². The Hall–Kier alpha value is -2.26. The van der Waals surface area contributed by atoms with E-state index in [4.69, 9.17) is 16.3 Å². The van der Waals surface area contributed by atoms with Crippen LogP contribution in [0.5, 0.6) is 5.75 Å². The molecule has 10 heteroatoms. The number of alkyl halides is 3. The third-order valence-electron chi connectivity index (χ3n) is 3.54. The molecule has 152 valence electrons. The fourth-order valence-electron chi connectivity index (χ4n) is 2.23. The number of amides is 1. The summed E-state index contributed by atoms with van der Waals surface area (Å²) < 4.78 is 68.8. The van der Waals surface area contributed by atoms with Gasteiger partial charge in [-0.05, 0) is 48.9 Å². The fraction of sp³-hybridized carbons (Fsp3) is 0.278. The zero-order chi connectivity index (χ0) is 20.9. The monoisotopic (exact) mass is 435 g/mol. The van der Waals surface area contributed by atoms with Crippen LogP contribution < -0.4 is 10.1 Å². The van der Waals surface area contributed by atoms with Gasteiger partial charge >= 0.3 is 6.18 Å². The van der Waals surface area contributed by atoms with E-state index in [-0.39, 0.29) is 22.9 Å². The van der Waals surface area contributed by atoms with E-state index in [0.717, 1.165) is 12.1 Å². The summed E-state index contributed by atoms with van der Waals surface area (Å²) in [5.41, 5.74) is -1.24. The molecule has 0 fully saturated rings. The van der Waals surface area contributed by atoms with E-state index in [1.165, 1.54) is 24.3 Å². The highest BCUT2D eigenvalue weighted by atomic mass is 35.5. The first-order valence-electron chi connectivity index (χ1n) is 8.15. The number of anilines is 1. The Kier molecular flexibility index (Phi) is 6.95. The maximum atomic E-state index is 13.0. The predicted octanol–water partition coefficient (Wildman–Crippen LogP) is 4.56. The molecule has 28 heavy (non-hydrogen) atoms. The van der Waals surface area contributed by atoms with Crippen LogP contribution in [0.25, 0.3) is 0 Å². The van der Waals surface area contributed by atoms with Crippen LogP contribution in [0, 0.1) is 0 Å². The summed E-state index contributed by atoms with van der Waals surface area (Å²) in [5.74, 6) is -1.92. The third kappa shape index (κ3) is 5.87. The minimum absolute atomic E-state index is 0.0205. The van der Waals surface area contributed by atoms with Gasteiger partial charge in [-0.1, -0.05) is 18.5 Å². The molecule has 0 spiro atoms. The molecule has 2 aromatic carbocycles. The van der Waals surface area contributed by atoms with Gasteiger partial charge in [-0.2, -0.15) is 13.2 Å². The van der Waals surface area contributed by atoms with Gasteiger partial charge in [0.2, 0.25) is 5.91 Å². The van der Waals surface area contributed by atoms with Crippen LogP contribution in [0.3, 0.4) is 0 Å². The number of hydrogen-bond donors (Lipinski definition) is 1. The van der Waals surface area contributed by atoms with Gasteiger partial charge in [-0.25, -0.2) is 8.42 Å². The molecule has 0 saturated carbocycles. The molecule has 2 rings (SSSR count). The first-order valence-corrected chi connectivity index (χ1v) is 10.2. The van der Waals surface area contributed by atoms with Crippen molar-refractivity contribution in [1.82, 2.24) is 0 Å². The smallest absolute Gasteiger partial charge is 0.416 e. The highest BCUT2D eigenvalue weighted by molar-refractivity contribution is 7.92. The Morgan fingerprint density at radius 1 is 1.14 bits per heavy atom. The number of sulfone groups is 1. The largest absolute Gasteiger partial charge is 0.491 e. The number of hydrogen-bond acceptors (Lipinski definition) is 4. The van der Waals surface area contributed by atoms with Gasteiger partial charge in [0, 0.05) is 5.02 Å². The van der Waals surface area contributed by atoms with Crippen molar-refractivity contribution >= 4 is 33.0 Å². The van der Waals surface area contributed by atoms with Crippen molar-refractivity contribution in [2.75, 3.05) is 17.7 Å². The molecule has 1 amide bonds. The fourth-order valence-corrected chi connectivity index (χ4v) is 3.49. The maximum absolute atomic E-state index is 13.0. The summed E-state index contributed by atoms with van der Waals surface area (Å²) in [4.78, 5) is 12.1. The van der Waals surface area contributed by atoms with Gasteiger partial charge in [0.25, 0.3) is 0 Å². The Labute approximate surface area is 165 Å². The van der Waals surface area contributed by atoms with Gasteiger partial charge in [-0.15, -0.1) is 0 Å². The van der Waals surface area contributed by atoms with Crippen LogP contribution in [0.2, 0.25) is 5.02 Å². The molecule has 2 aromatic rings. The van der Waals surface area contributed by atoms with E-state index < -0.39 is 33.2 Å². The second-order valence-electron chi connectivity index (χ2n) is 5.82. The molecule has 0 radical (unpaired) electrons. The molecule has 5 nitrogen and oxygen atoms in total. The quantitative estimate of drug-likeness (QED) is 0.692. The maximum Gasteiger partial charge on any atom is 0.416 e. The van der Waals surface area contributed by atoms with Crippen LogP contribution in [0.4, 0.5) is 18.9 Å². The van der Waals surface area contributed by atoms with Crippen molar-refractivity contribution in [2.45, 2.75) is 24.4 Å². The second-order valence-corrected chi connectivity index (χ2v) is 8.24. The first kappa shape index (κ1) is 22.0. The Balaban J connectivity index is 2.24. The normalized spacial score (nSPS) is 11.9. The minimum Gasteiger partial charge on any atom is -0.491 e. The molecular weight excluding hydrogens is 419 g/mol. The summed E-state index contributed by atoms with van der Waals surface area (Å²) in [6.07, 6.45) is -4.03. The van der Waals surface area contributed by atoms with Crippen molar-refractivity contribution in [1.29, 1.82) is 0 Å². The Morgan fingerprint density at radius 3 is 2.36 bits per heavy atom. The average molecular weight is 436 g/mol. The topological polar surface area (TPSA) is 72.5 Å². The van der Waals surface area contributed by atoms with E-state index in [1.54, 1.807) is 6.92 Å². The van der Waals surface area contributed by atoms with Crippen LogP contribution in [-0.2, 0) is 20.8 Å². The third-order valence-corrected chi connectivity index (χ3v) is 5.42. The Bertz CT molecular complexity index is 944. The van der Waals surface area contributed by atoms with E-state index in [2.05, 4.69) is 5.32 Å². The SMILES string of the molecule is CCCOc1ccc(C(F)(F)F)cc1NC(=O)CS(=O)(=O)c1ccc(Cl)cc1. The number of carbonyl (C=O) groups is 1. The molecule has 0 aliphatic rings. The van der Waals surface area contributed by atoms with Crippen LogP contribution in [-0.4, -0.2) is 26.7 Å². The molecule has 0 saturated heterocycles. The highest BCUT2D eigenvalue weighted by Crippen LogP contribution is 2.35.